The van der Waals surface area contributed by atoms with Gasteiger partial charge in [0.05, 0.1) is 13.1 Å². The van der Waals surface area contributed by atoms with E-state index in [0.717, 1.165) is 11.0 Å². The second-order valence-electron chi connectivity index (χ2n) is 7.09. The van der Waals surface area contributed by atoms with Crippen molar-refractivity contribution in [1.29, 1.82) is 0 Å². The van der Waals surface area contributed by atoms with Gasteiger partial charge in [0, 0.05) is 5.56 Å². The molecular weight excluding hydrogens is 387 g/mol. The predicted molar refractivity (Wildman–Crippen MR) is 100 cm³/mol. The summed E-state index contributed by atoms with van der Waals surface area (Å²) in [6, 6.07) is 20.1. The van der Waals surface area contributed by atoms with Crippen LogP contribution in [0.15, 0.2) is 54.6 Å². The molecule has 2 aromatic carbocycles. The number of piperidine rings is 1. The Morgan fingerprint density at radius 2 is 1.22 bits per heavy atom. The van der Waals surface area contributed by atoms with E-state index in [-0.39, 0.29) is 0 Å². The Morgan fingerprint density at radius 1 is 0.741 bits per heavy atom. The standard InChI is InChI=1S/C19H24N.F6P/c1-17-10-12-19(13-11-17)20(14-6-3-7-15-20)16-18-8-4-2-5-9-18;1-7(2,3,4,5)6/h2,4-5,8-13H,3,6-7,14-16H2,1H3;/q+1;-1. The first kappa shape index (κ1) is 21.7. The third-order valence-electron chi connectivity index (χ3n) is 4.58. The number of halogens is 6. The number of likely N-dealkylation sites (tertiary alicyclic amines) is 1. The molecule has 0 aliphatic carbocycles. The molecule has 8 heteroatoms. The fraction of sp³-hybridized carbons (Fsp3) is 0.368. The SMILES string of the molecule is Cc1ccc([N+]2(Cc3ccccc3)CCCCC2)cc1.F[P-](F)(F)(F)(F)F. The van der Waals surface area contributed by atoms with Crippen molar-refractivity contribution in [1.82, 2.24) is 4.48 Å². The average molecular weight is 411 g/mol. The average Bonchev–Trinajstić information content (AvgIpc) is 2.54. The van der Waals surface area contributed by atoms with Crippen molar-refractivity contribution < 1.29 is 25.2 Å². The molecule has 1 aliphatic heterocycles. The number of nitrogens with zero attached hydrogens (tertiary/aromatic N) is 1. The summed E-state index contributed by atoms with van der Waals surface area (Å²) < 4.78 is 60.3. The Bertz CT molecular complexity index is 724. The van der Waals surface area contributed by atoms with Crippen LogP contribution >= 0.6 is 7.81 Å². The van der Waals surface area contributed by atoms with Crippen molar-refractivity contribution >= 4 is 13.5 Å². The van der Waals surface area contributed by atoms with Crippen molar-refractivity contribution in [2.45, 2.75) is 32.7 Å². The van der Waals surface area contributed by atoms with E-state index in [4.69, 9.17) is 0 Å². The second-order valence-corrected chi connectivity index (χ2v) is 9.01. The number of rotatable bonds is 3. The quantitative estimate of drug-likeness (QED) is 0.272. The molecule has 0 atom stereocenters. The van der Waals surface area contributed by atoms with Crippen LogP contribution in [0.3, 0.4) is 0 Å². The maximum atomic E-state index is 9.87. The van der Waals surface area contributed by atoms with Gasteiger partial charge in [-0.2, -0.15) is 0 Å². The molecule has 1 fully saturated rings. The van der Waals surface area contributed by atoms with Crippen LogP contribution in [0.4, 0.5) is 30.9 Å². The molecule has 0 spiro atoms. The monoisotopic (exact) mass is 411 g/mol. The molecule has 0 radical (unpaired) electrons. The molecule has 0 amide bonds. The summed E-state index contributed by atoms with van der Waals surface area (Å²) in [4.78, 5) is 0. The third kappa shape index (κ3) is 8.76. The van der Waals surface area contributed by atoms with Crippen molar-refractivity contribution in [3.63, 3.8) is 0 Å². The molecule has 0 unspecified atom stereocenters. The summed E-state index contributed by atoms with van der Waals surface area (Å²) in [5.41, 5.74) is 4.29. The molecule has 27 heavy (non-hydrogen) atoms. The van der Waals surface area contributed by atoms with Gasteiger partial charge in [-0.15, -0.1) is 0 Å². The molecule has 0 aromatic heterocycles. The number of hydrogen-bond donors (Lipinski definition) is 0. The van der Waals surface area contributed by atoms with Gasteiger partial charge < -0.3 is 0 Å². The van der Waals surface area contributed by atoms with Gasteiger partial charge in [-0.25, -0.2) is 0 Å². The van der Waals surface area contributed by atoms with Crippen LogP contribution < -0.4 is 4.48 Å². The van der Waals surface area contributed by atoms with Gasteiger partial charge in [0.15, 0.2) is 0 Å². The van der Waals surface area contributed by atoms with Crippen LogP contribution in [0.25, 0.3) is 0 Å². The van der Waals surface area contributed by atoms with Gasteiger partial charge in [-0.3, -0.25) is 4.48 Å². The van der Waals surface area contributed by atoms with E-state index in [1.807, 2.05) is 0 Å². The van der Waals surface area contributed by atoms with E-state index in [2.05, 4.69) is 61.5 Å². The fourth-order valence-electron chi connectivity index (χ4n) is 3.42. The van der Waals surface area contributed by atoms with Crippen molar-refractivity contribution in [3.8, 4) is 0 Å². The molecule has 0 N–H and O–H groups in total. The first-order valence-electron chi connectivity index (χ1n) is 8.77. The minimum atomic E-state index is -10.7. The third-order valence-corrected chi connectivity index (χ3v) is 4.58. The molecule has 0 saturated carbocycles. The van der Waals surface area contributed by atoms with Crippen LogP contribution in [0, 0.1) is 6.92 Å². The predicted octanol–water partition coefficient (Wildman–Crippen LogP) is 8.07. The molecular formula is C19H24F6NP. The van der Waals surface area contributed by atoms with Crippen LogP contribution in [-0.2, 0) is 6.54 Å². The summed E-state index contributed by atoms with van der Waals surface area (Å²) in [5, 5.41) is 0. The van der Waals surface area contributed by atoms with Gasteiger partial charge in [0.1, 0.15) is 12.2 Å². The summed E-state index contributed by atoms with van der Waals surface area (Å²) in [7, 11) is -10.7. The number of benzene rings is 2. The first-order valence-corrected chi connectivity index (χ1v) is 10.8. The van der Waals surface area contributed by atoms with Crippen LogP contribution in [0.5, 0.6) is 0 Å². The summed E-state index contributed by atoms with van der Waals surface area (Å²) >= 11 is 0. The number of hydrogen-bond acceptors (Lipinski definition) is 0. The summed E-state index contributed by atoms with van der Waals surface area (Å²) in [6.45, 7) is 5.85. The second kappa shape index (κ2) is 7.10. The zero-order chi connectivity index (χ0) is 20.2. The normalized spacial score (nSPS) is 19.2. The molecule has 152 valence electrons. The van der Waals surface area contributed by atoms with E-state index in [0.29, 0.717) is 0 Å². The Kier molecular flexibility index (Phi) is 5.71. The molecule has 3 rings (SSSR count). The molecule has 0 bridgehead atoms. The fourth-order valence-corrected chi connectivity index (χ4v) is 3.42. The number of quaternary nitrogens is 1. The zero-order valence-corrected chi connectivity index (χ0v) is 16.0. The topological polar surface area (TPSA) is 0 Å². The molecule has 1 heterocycles. The van der Waals surface area contributed by atoms with Gasteiger partial charge in [0.25, 0.3) is 0 Å². The van der Waals surface area contributed by atoms with E-state index in [1.165, 1.54) is 49.2 Å². The van der Waals surface area contributed by atoms with Crippen molar-refractivity contribution in [2.24, 2.45) is 0 Å². The van der Waals surface area contributed by atoms with E-state index < -0.39 is 7.81 Å². The summed E-state index contributed by atoms with van der Waals surface area (Å²) in [5.74, 6) is 0. The van der Waals surface area contributed by atoms with E-state index in [9.17, 15) is 25.2 Å². The molecule has 1 saturated heterocycles. The van der Waals surface area contributed by atoms with Crippen LogP contribution in [0.1, 0.15) is 30.4 Å². The Morgan fingerprint density at radius 3 is 1.70 bits per heavy atom. The minimum absolute atomic E-state index is 1.13. The van der Waals surface area contributed by atoms with Crippen molar-refractivity contribution in [2.75, 3.05) is 13.1 Å². The van der Waals surface area contributed by atoms with Gasteiger partial charge in [0.2, 0.25) is 0 Å². The van der Waals surface area contributed by atoms with E-state index >= 15 is 0 Å². The molecule has 1 nitrogen and oxygen atoms in total. The van der Waals surface area contributed by atoms with Gasteiger partial charge in [-0.1, -0.05) is 48.0 Å². The van der Waals surface area contributed by atoms with Crippen LogP contribution in [0.2, 0.25) is 0 Å². The maximum absolute atomic E-state index is 10.7. The van der Waals surface area contributed by atoms with Crippen molar-refractivity contribution in [3.05, 3.63) is 65.7 Å². The molecule has 1 aliphatic rings. The van der Waals surface area contributed by atoms with Gasteiger partial charge >= 0.3 is 33.0 Å². The summed E-state index contributed by atoms with van der Waals surface area (Å²) in [6.07, 6.45) is 4.09. The molecule has 2 aromatic rings. The first-order chi connectivity index (χ1) is 12.2. The Balaban J connectivity index is 0.000000321. The number of aryl methyl sites for hydroxylation is 1. The van der Waals surface area contributed by atoms with E-state index in [1.54, 1.807) is 0 Å². The Labute approximate surface area is 155 Å². The zero-order valence-electron chi connectivity index (χ0n) is 15.1. The van der Waals surface area contributed by atoms with Crippen LogP contribution in [-0.4, -0.2) is 13.1 Å². The Hall–Kier alpha value is -1.59. The van der Waals surface area contributed by atoms with Gasteiger partial charge in [-0.05, 0) is 38.3 Å².